The molecule has 0 spiro atoms. The number of hydrogen-bond acceptors (Lipinski definition) is 3. The predicted octanol–water partition coefficient (Wildman–Crippen LogP) is 2.31. The fourth-order valence-electron chi connectivity index (χ4n) is 1.99. The molecule has 0 amide bonds. The van der Waals surface area contributed by atoms with Crippen LogP contribution in [0.15, 0.2) is 29.2 Å². The van der Waals surface area contributed by atoms with E-state index in [1.807, 2.05) is 26.0 Å². The van der Waals surface area contributed by atoms with Crippen LogP contribution in [-0.4, -0.2) is 27.5 Å². The van der Waals surface area contributed by atoms with Gasteiger partial charge >= 0.3 is 0 Å². The lowest BCUT2D eigenvalue weighted by Crippen LogP contribution is -2.33. The van der Waals surface area contributed by atoms with Gasteiger partial charge in [0.15, 0.2) is 0 Å². The normalized spacial score (nSPS) is 12.0. The first-order chi connectivity index (χ1) is 9.53. The average molecular weight is 298 g/mol. The van der Waals surface area contributed by atoms with E-state index in [1.165, 1.54) is 0 Å². The molecule has 4 nitrogen and oxygen atoms in total. The van der Waals surface area contributed by atoms with E-state index in [2.05, 4.69) is 17.0 Å². The van der Waals surface area contributed by atoms with Crippen molar-refractivity contribution in [1.82, 2.24) is 10.0 Å². The standard InChI is InChI=1S/C15H26N2O2S/c1-4-14(5-2)17-20(18,19)15-9-7-13(8-10-15)11-12-16-6-3/h7-10,14,16-17H,4-6,11-12H2,1-3H3. The third-order valence-electron chi connectivity index (χ3n) is 3.38. The van der Waals surface area contributed by atoms with Crippen molar-refractivity contribution in [3.8, 4) is 0 Å². The fraction of sp³-hybridized carbons (Fsp3) is 0.600. The van der Waals surface area contributed by atoms with Gasteiger partial charge < -0.3 is 5.32 Å². The molecule has 0 radical (unpaired) electrons. The van der Waals surface area contributed by atoms with Gasteiger partial charge in [-0.1, -0.05) is 32.9 Å². The molecular formula is C15H26N2O2S. The molecule has 20 heavy (non-hydrogen) atoms. The third-order valence-corrected chi connectivity index (χ3v) is 4.92. The lowest BCUT2D eigenvalue weighted by atomic mass is 10.1. The Hall–Kier alpha value is -0.910. The van der Waals surface area contributed by atoms with E-state index in [4.69, 9.17) is 0 Å². The van der Waals surface area contributed by atoms with Gasteiger partial charge in [0.05, 0.1) is 4.90 Å². The van der Waals surface area contributed by atoms with Crippen LogP contribution in [0.5, 0.6) is 0 Å². The summed E-state index contributed by atoms with van der Waals surface area (Å²) < 4.78 is 27.2. The number of hydrogen-bond donors (Lipinski definition) is 2. The van der Waals surface area contributed by atoms with E-state index in [0.29, 0.717) is 4.90 Å². The third kappa shape index (κ3) is 5.23. The van der Waals surface area contributed by atoms with E-state index in [0.717, 1.165) is 37.9 Å². The number of nitrogens with one attached hydrogen (secondary N) is 2. The van der Waals surface area contributed by atoms with Gasteiger partial charge in [-0.3, -0.25) is 0 Å². The highest BCUT2D eigenvalue weighted by molar-refractivity contribution is 7.89. The molecule has 0 atom stereocenters. The molecule has 1 aromatic rings. The Morgan fingerprint density at radius 3 is 2.15 bits per heavy atom. The minimum Gasteiger partial charge on any atom is -0.317 e. The first-order valence-electron chi connectivity index (χ1n) is 7.35. The van der Waals surface area contributed by atoms with Crippen molar-refractivity contribution in [2.24, 2.45) is 0 Å². The Bertz CT molecular complexity index is 479. The van der Waals surface area contributed by atoms with Crippen molar-refractivity contribution < 1.29 is 8.42 Å². The van der Waals surface area contributed by atoms with Gasteiger partial charge in [-0.15, -0.1) is 0 Å². The molecule has 1 aromatic carbocycles. The second-order valence-electron chi connectivity index (χ2n) is 4.88. The number of sulfonamides is 1. The lowest BCUT2D eigenvalue weighted by Gasteiger charge is -2.15. The Balaban J connectivity index is 2.71. The molecule has 2 N–H and O–H groups in total. The highest BCUT2D eigenvalue weighted by atomic mass is 32.2. The molecule has 0 unspecified atom stereocenters. The number of benzene rings is 1. The van der Waals surface area contributed by atoms with Gasteiger partial charge in [-0.25, -0.2) is 13.1 Å². The van der Waals surface area contributed by atoms with Gasteiger partial charge in [0, 0.05) is 6.04 Å². The average Bonchev–Trinajstić information content (AvgIpc) is 2.45. The van der Waals surface area contributed by atoms with Crippen molar-refractivity contribution in [3.63, 3.8) is 0 Å². The first kappa shape index (κ1) is 17.1. The number of rotatable bonds is 9. The fourth-order valence-corrected chi connectivity index (χ4v) is 3.39. The summed E-state index contributed by atoms with van der Waals surface area (Å²) >= 11 is 0. The van der Waals surface area contributed by atoms with Crippen molar-refractivity contribution in [2.75, 3.05) is 13.1 Å². The molecule has 0 aliphatic rings. The molecule has 0 saturated carbocycles. The molecular weight excluding hydrogens is 272 g/mol. The summed E-state index contributed by atoms with van der Waals surface area (Å²) in [5.74, 6) is 0. The minimum atomic E-state index is -3.39. The molecule has 0 heterocycles. The van der Waals surface area contributed by atoms with Crippen molar-refractivity contribution in [1.29, 1.82) is 0 Å². The summed E-state index contributed by atoms with van der Waals surface area (Å²) in [7, 11) is -3.39. The van der Waals surface area contributed by atoms with Crippen LogP contribution in [0.1, 0.15) is 39.2 Å². The summed E-state index contributed by atoms with van der Waals surface area (Å²) in [6.45, 7) is 7.90. The smallest absolute Gasteiger partial charge is 0.240 e. The molecule has 0 fully saturated rings. The first-order valence-corrected chi connectivity index (χ1v) is 8.83. The zero-order valence-electron chi connectivity index (χ0n) is 12.6. The molecule has 0 aromatic heterocycles. The van der Waals surface area contributed by atoms with Crippen molar-refractivity contribution >= 4 is 10.0 Å². The summed E-state index contributed by atoms with van der Waals surface area (Å²) in [6.07, 6.45) is 2.52. The molecule has 0 aliphatic carbocycles. The monoisotopic (exact) mass is 298 g/mol. The number of likely N-dealkylation sites (N-methyl/N-ethyl adjacent to an activating group) is 1. The van der Waals surface area contributed by atoms with Gasteiger partial charge in [0.25, 0.3) is 0 Å². The van der Waals surface area contributed by atoms with Gasteiger partial charge in [0.2, 0.25) is 10.0 Å². The molecule has 114 valence electrons. The van der Waals surface area contributed by atoms with Crippen molar-refractivity contribution in [3.05, 3.63) is 29.8 Å². The Kier molecular flexibility index (Phi) is 7.19. The molecule has 5 heteroatoms. The Labute approximate surface area is 123 Å². The predicted molar refractivity (Wildman–Crippen MR) is 83.4 cm³/mol. The van der Waals surface area contributed by atoms with Crippen LogP contribution in [0, 0.1) is 0 Å². The van der Waals surface area contributed by atoms with Crippen LogP contribution >= 0.6 is 0 Å². The molecule has 1 rings (SSSR count). The summed E-state index contributed by atoms with van der Waals surface area (Å²) in [6, 6.07) is 7.16. The maximum Gasteiger partial charge on any atom is 0.240 e. The van der Waals surface area contributed by atoms with Gasteiger partial charge in [-0.2, -0.15) is 0 Å². The van der Waals surface area contributed by atoms with Crippen LogP contribution in [0.2, 0.25) is 0 Å². The van der Waals surface area contributed by atoms with Crippen LogP contribution in [-0.2, 0) is 16.4 Å². The Morgan fingerprint density at radius 2 is 1.65 bits per heavy atom. The van der Waals surface area contributed by atoms with E-state index >= 15 is 0 Å². The van der Waals surface area contributed by atoms with Crippen LogP contribution in [0.3, 0.4) is 0 Å². The second-order valence-corrected chi connectivity index (χ2v) is 6.60. The highest BCUT2D eigenvalue weighted by Gasteiger charge is 2.17. The molecule has 0 saturated heterocycles. The largest absolute Gasteiger partial charge is 0.317 e. The summed E-state index contributed by atoms with van der Waals surface area (Å²) in [5.41, 5.74) is 1.15. The molecule has 0 bridgehead atoms. The van der Waals surface area contributed by atoms with Crippen LogP contribution in [0.4, 0.5) is 0 Å². The van der Waals surface area contributed by atoms with Crippen LogP contribution < -0.4 is 10.0 Å². The maximum absolute atomic E-state index is 12.2. The Morgan fingerprint density at radius 1 is 1.05 bits per heavy atom. The van der Waals surface area contributed by atoms with E-state index < -0.39 is 10.0 Å². The van der Waals surface area contributed by atoms with E-state index in [1.54, 1.807) is 12.1 Å². The van der Waals surface area contributed by atoms with Gasteiger partial charge in [0.1, 0.15) is 0 Å². The quantitative estimate of drug-likeness (QED) is 0.688. The summed E-state index contributed by atoms with van der Waals surface area (Å²) in [4.78, 5) is 0.344. The zero-order chi connectivity index (χ0) is 15.0. The maximum atomic E-state index is 12.2. The van der Waals surface area contributed by atoms with Crippen molar-refractivity contribution in [2.45, 2.75) is 51.0 Å². The van der Waals surface area contributed by atoms with E-state index in [9.17, 15) is 8.42 Å². The SMILES string of the molecule is CCNCCc1ccc(S(=O)(=O)NC(CC)CC)cc1. The van der Waals surface area contributed by atoms with Crippen LogP contribution in [0.25, 0.3) is 0 Å². The highest BCUT2D eigenvalue weighted by Crippen LogP contribution is 2.12. The second kappa shape index (κ2) is 8.39. The minimum absolute atomic E-state index is 0.00781. The van der Waals surface area contributed by atoms with E-state index in [-0.39, 0.29) is 6.04 Å². The van der Waals surface area contributed by atoms with Gasteiger partial charge in [-0.05, 0) is 50.0 Å². The topological polar surface area (TPSA) is 58.2 Å². The zero-order valence-corrected chi connectivity index (χ0v) is 13.5. The summed E-state index contributed by atoms with van der Waals surface area (Å²) in [5, 5.41) is 3.25. The lowest BCUT2D eigenvalue weighted by molar-refractivity contribution is 0.530. The molecule has 0 aliphatic heterocycles.